The second-order valence-corrected chi connectivity index (χ2v) is 5.80. The van der Waals surface area contributed by atoms with E-state index < -0.39 is 39.4 Å². The van der Waals surface area contributed by atoms with Crippen molar-refractivity contribution < 1.29 is 27.1 Å². The molecule has 1 aromatic heterocycles. The molecule has 0 aliphatic heterocycles. The molecule has 25 heavy (non-hydrogen) atoms. The Morgan fingerprint density at radius 1 is 1.16 bits per heavy atom. The standard InChI is InChI=1S/C14H12ClF5N2O3/c1-3-22-10(23)8-6-7(4-5-9(8)21(2)11(22)24)12(25,13(15,16)17)14(18,19)20/h4-6,25H,3H2,1-2H3. The number of halogens is 6. The molecule has 0 radical (unpaired) electrons. The highest BCUT2D eigenvalue weighted by molar-refractivity contribution is 6.22. The number of aromatic nitrogens is 2. The lowest BCUT2D eigenvalue weighted by molar-refractivity contribution is -0.317. The van der Waals surface area contributed by atoms with Crippen LogP contribution in [0.5, 0.6) is 0 Å². The number of aryl methyl sites for hydroxylation is 1. The van der Waals surface area contributed by atoms with Crippen LogP contribution >= 0.6 is 11.6 Å². The van der Waals surface area contributed by atoms with Crippen LogP contribution in [0.4, 0.5) is 22.0 Å². The zero-order chi connectivity index (χ0) is 19.4. The second-order valence-electron chi connectivity index (χ2n) is 5.33. The first-order chi connectivity index (χ1) is 11.3. The predicted molar refractivity (Wildman–Crippen MR) is 79.9 cm³/mol. The van der Waals surface area contributed by atoms with Crippen LogP contribution in [-0.2, 0) is 19.2 Å². The van der Waals surface area contributed by atoms with Gasteiger partial charge in [0, 0.05) is 19.2 Å². The minimum atomic E-state index is -5.82. The smallest absolute Gasteiger partial charge is 0.371 e. The Balaban J connectivity index is 2.95. The summed E-state index contributed by atoms with van der Waals surface area (Å²) in [6, 6.07) is 1.88. The summed E-state index contributed by atoms with van der Waals surface area (Å²) in [5.41, 5.74) is -7.79. The minimum absolute atomic E-state index is 0.0779. The highest BCUT2D eigenvalue weighted by atomic mass is 35.5. The van der Waals surface area contributed by atoms with Gasteiger partial charge >= 0.3 is 17.2 Å². The minimum Gasteiger partial charge on any atom is -0.371 e. The molecule has 0 aliphatic carbocycles. The molecule has 11 heteroatoms. The zero-order valence-electron chi connectivity index (χ0n) is 12.9. The SMILES string of the molecule is CCn1c(=O)c2cc(C(O)(C(F)(F)F)C(F)(F)Cl)ccc2n(C)c1=O. The van der Waals surface area contributed by atoms with Crippen LogP contribution in [0.3, 0.4) is 0 Å². The number of nitrogens with zero attached hydrogens (tertiary/aromatic N) is 2. The summed E-state index contributed by atoms with van der Waals surface area (Å²) in [6.45, 7) is 1.37. The van der Waals surface area contributed by atoms with Crippen molar-refractivity contribution in [3.63, 3.8) is 0 Å². The van der Waals surface area contributed by atoms with Gasteiger partial charge in [-0.25, -0.2) is 4.79 Å². The third-order valence-corrected chi connectivity index (χ3v) is 4.18. The van der Waals surface area contributed by atoms with Crippen molar-refractivity contribution in [2.75, 3.05) is 0 Å². The van der Waals surface area contributed by atoms with E-state index in [1.807, 2.05) is 0 Å². The van der Waals surface area contributed by atoms with Crippen molar-refractivity contribution in [3.05, 3.63) is 44.6 Å². The molecule has 2 rings (SSSR count). The molecular weight excluding hydrogens is 375 g/mol. The quantitative estimate of drug-likeness (QED) is 0.650. The Bertz CT molecular complexity index is 929. The van der Waals surface area contributed by atoms with Gasteiger partial charge in [0.15, 0.2) is 0 Å². The molecule has 1 unspecified atom stereocenters. The normalized spacial score (nSPS) is 15.4. The first kappa shape index (κ1) is 19.4. The van der Waals surface area contributed by atoms with E-state index in [0.29, 0.717) is 12.1 Å². The summed E-state index contributed by atoms with van der Waals surface area (Å²) >= 11 is 4.52. The van der Waals surface area contributed by atoms with E-state index in [4.69, 9.17) is 0 Å². The van der Waals surface area contributed by atoms with Gasteiger partial charge in [0.1, 0.15) is 0 Å². The van der Waals surface area contributed by atoms with Crippen molar-refractivity contribution in [3.8, 4) is 0 Å². The molecule has 0 amide bonds. The van der Waals surface area contributed by atoms with Crippen LogP contribution in [0, 0.1) is 0 Å². The zero-order valence-corrected chi connectivity index (χ0v) is 13.6. The lowest BCUT2D eigenvalue weighted by Gasteiger charge is -2.34. The number of hydrogen-bond acceptors (Lipinski definition) is 3. The molecule has 1 N–H and O–H groups in total. The summed E-state index contributed by atoms with van der Waals surface area (Å²) in [7, 11) is 1.27. The van der Waals surface area contributed by atoms with E-state index in [0.717, 1.165) is 15.2 Å². The average Bonchev–Trinajstić information content (AvgIpc) is 2.50. The Morgan fingerprint density at radius 2 is 1.72 bits per heavy atom. The topological polar surface area (TPSA) is 64.2 Å². The summed E-state index contributed by atoms with van der Waals surface area (Å²) in [5.74, 6) is 0. The van der Waals surface area contributed by atoms with E-state index in [9.17, 15) is 36.6 Å². The number of alkyl halides is 6. The third-order valence-electron chi connectivity index (χ3n) is 3.91. The monoisotopic (exact) mass is 386 g/mol. The number of aliphatic hydroxyl groups is 1. The van der Waals surface area contributed by atoms with Crippen molar-refractivity contribution in [2.45, 2.75) is 30.6 Å². The van der Waals surface area contributed by atoms with Crippen LogP contribution in [0.1, 0.15) is 12.5 Å². The fraction of sp³-hybridized carbons (Fsp3) is 0.429. The number of benzene rings is 1. The highest BCUT2D eigenvalue weighted by Crippen LogP contribution is 2.51. The Kier molecular flexibility index (Phi) is 4.50. The number of rotatable bonds is 3. The fourth-order valence-electron chi connectivity index (χ4n) is 2.51. The van der Waals surface area contributed by atoms with Gasteiger partial charge in [0.05, 0.1) is 10.9 Å². The predicted octanol–water partition coefficient (Wildman–Crippen LogP) is 2.30. The maximum absolute atomic E-state index is 13.4. The summed E-state index contributed by atoms with van der Waals surface area (Å²) in [5, 5.41) is 4.14. The van der Waals surface area contributed by atoms with Gasteiger partial charge in [-0.15, -0.1) is 0 Å². The van der Waals surface area contributed by atoms with Crippen LogP contribution in [0.25, 0.3) is 10.9 Å². The number of hydrogen-bond donors (Lipinski definition) is 1. The van der Waals surface area contributed by atoms with Crippen LogP contribution in [-0.4, -0.2) is 25.8 Å². The molecule has 0 fully saturated rings. The molecular formula is C14H12ClF5N2O3. The van der Waals surface area contributed by atoms with Gasteiger partial charge in [-0.3, -0.25) is 13.9 Å². The van der Waals surface area contributed by atoms with Crippen LogP contribution in [0.15, 0.2) is 27.8 Å². The van der Waals surface area contributed by atoms with Gasteiger partial charge in [0.25, 0.3) is 11.2 Å². The molecule has 0 bridgehead atoms. The summed E-state index contributed by atoms with van der Waals surface area (Å²) in [4.78, 5) is 24.3. The average molecular weight is 387 g/mol. The maximum atomic E-state index is 13.4. The first-order valence-electron chi connectivity index (χ1n) is 6.87. The highest BCUT2D eigenvalue weighted by Gasteiger charge is 2.69. The van der Waals surface area contributed by atoms with E-state index >= 15 is 0 Å². The second kappa shape index (κ2) is 5.80. The molecule has 0 aliphatic rings. The molecule has 1 atom stereocenters. The van der Waals surface area contributed by atoms with E-state index in [2.05, 4.69) is 11.6 Å². The van der Waals surface area contributed by atoms with Crippen molar-refractivity contribution in [1.82, 2.24) is 9.13 Å². The fourth-order valence-corrected chi connectivity index (χ4v) is 2.72. The van der Waals surface area contributed by atoms with E-state index in [1.165, 1.54) is 14.0 Å². The van der Waals surface area contributed by atoms with Crippen LogP contribution < -0.4 is 11.2 Å². The Hall–Kier alpha value is -1.94. The number of fused-ring (bicyclic) bond motifs is 1. The lowest BCUT2D eigenvalue weighted by Crippen LogP contribution is -2.53. The van der Waals surface area contributed by atoms with E-state index in [1.54, 1.807) is 0 Å². The Morgan fingerprint density at radius 3 is 2.16 bits per heavy atom. The Labute approximate surface area is 141 Å². The molecule has 1 aromatic carbocycles. The van der Waals surface area contributed by atoms with E-state index in [-0.39, 0.29) is 12.1 Å². The van der Waals surface area contributed by atoms with Crippen LogP contribution in [0.2, 0.25) is 0 Å². The van der Waals surface area contributed by atoms with Gasteiger partial charge in [-0.1, -0.05) is 6.07 Å². The first-order valence-corrected chi connectivity index (χ1v) is 7.25. The van der Waals surface area contributed by atoms with Crippen molar-refractivity contribution in [1.29, 1.82) is 0 Å². The molecule has 1 heterocycles. The summed E-state index contributed by atoms with van der Waals surface area (Å²) < 4.78 is 67.9. The molecule has 2 aromatic rings. The third kappa shape index (κ3) is 2.73. The van der Waals surface area contributed by atoms with Crippen molar-refractivity contribution >= 4 is 22.5 Å². The lowest BCUT2D eigenvalue weighted by atomic mass is 9.92. The molecule has 5 nitrogen and oxygen atoms in total. The van der Waals surface area contributed by atoms with Gasteiger partial charge in [-0.2, -0.15) is 22.0 Å². The molecule has 0 saturated heterocycles. The largest absolute Gasteiger partial charge is 0.428 e. The van der Waals surface area contributed by atoms with Crippen molar-refractivity contribution in [2.24, 2.45) is 7.05 Å². The molecule has 0 spiro atoms. The summed E-state index contributed by atoms with van der Waals surface area (Å²) in [6.07, 6.45) is -5.82. The van der Waals surface area contributed by atoms with Gasteiger partial charge in [0.2, 0.25) is 0 Å². The van der Waals surface area contributed by atoms with Gasteiger partial charge < -0.3 is 5.11 Å². The molecule has 138 valence electrons. The van der Waals surface area contributed by atoms with Gasteiger partial charge in [-0.05, 0) is 30.7 Å². The maximum Gasteiger partial charge on any atom is 0.428 e. The molecule has 0 saturated carbocycles.